The van der Waals surface area contributed by atoms with Gasteiger partial charge in [-0.1, -0.05) is 48.5 Å². The molecule has 6 rings (SSSR count). The van der Waals surface area contributed by atoms with E-state index in [1.807, 2.05) is 79.7 Å². The van der Waals surface area contributed by atoms with E-state index in [-0.39, 0.29) is 19.6 Å². The van der Waals surface area contributed by atoms with Gasteiger partial charge in [0, 0.05) is 34.8 Å². The third-order valence-electron chi connectivity index (χ3n) is 7.50. The molecule has 9 heteroatoms. The van der Waals surface area contributed by atoms with Crippen LogP contribution < -0.4 is 14.2 Å². The van der Waals surface area contributed by atoms with Crippen molar-refractivity contribution < 1.29 is 28.5 Å². The number of hydrogen-bond acceptors (Lipinski definition) is 6. The number of para-hydroxylation sites is 1. The van der Waals surface area contributed by atoms with E-state index in [4.69, 9.17) is 35.3 Å². The van der Waals surface area contributed by atoms with E-state index >= 15 is 0 Å². The van der Waals surface area contributed by atoms with E-state index in [1.54, 1.807) is 7.11 Å². The van der Waals surface area contributed by atoms with Gasteiger partial charge < -0.3 is 28.3 Å². The largest absolute Gasteiger partial charge is 0.493 e. The van der Waals surface area contributed by atoms with Crippen LogP contribution in [-0.4, -0.2) is 39.7 Å². The van der Waals surface area contributed by atoms with Crippen LogP contribution in [0.4, 0.5) is 0 Å². The molecule has 0 bridgehead atoms. The topological polar surface area (TPSA) is 96.0 Å². The minimum absolute atomic E-state index is 0.194. The van der Waals surface area contributed by atoms with Crippen molar-refractivity contribution in [2.75, 3.05) is 13.7 Å². The van der Waals surface area contributed by atoms with E-state index in [0.717, 1.165) is 38.6 Å². The molecule has 0 radical (unpaired) electrons. The fourth-order valence-corrected chi connectivity index (χ4v) is 5.37. The maximum atomic E-state index is 11.1. The Kier molecular flexibility index (Phi) is 8.43. The van der Waals surface area contributed by atoms with Crippen LogP contribution in [0.5, 0.6) is 17.2 Å². The lowest BCUT2D eigenvalue weighted by molar-refractivity contribution is -0.136. The predicted octanol–water partition coefficient (Wildman–Crippen LogP) is 7.85. The van der Waals surface area contributed by atoms with Gasteiger partial charge in [0.2, 0.25) is 5.89 Å². The molecule has 224 valence electrons. The molecule has 0 aliphatic heterocycles. The van der Waals surface area contributed by atoms with Gasteiger partial charge in [-0.15, -0.1) is 11.6 Å². The molecule has 6 aromatic rings. The van der Waals surface area contributed by atoms with Crippen LogP contribution in [0, 0.1) is 6.92 Å². The molecule has 0 spiro atoms. The second-order valence-corrected chi connectivity index (χ2v) is 10.9. The van der Waals surface area contributed by atoms with Gasteiger partial charge in [0.25, 0.3) is 0 Å². The maximum absolute atomic E-state index is 11.1. The Balaban J connectivity index is 1.24. The molecule has 1 N–H and O–H groups in total. The summed E-state index contributed by atoms with van der Waals surface area (Å²) in [6.45, 7) is 2.89. The fourth-order valence-electron chi connectivity index (χ4n) is 5.28. The van der Waals surface area contributed by atoms with E-state index in [1.165, 1.54) is 0 Å². The first kappa shape index (κ1) is 29.1. The zero-order chi connectivity index (χ0) is 30.6. The number of carboxylic acids is 1. The number of carboxylic acid groups (broad SMARTS) is 1. The number of hydrogen-bond donors (Lipinski definition) is 1. The molecule has 8 nitrogen and oxygen atoms in total. The minimum atomic E-state index is -1.05. The zero-order valence-electron chi connectivity index (χ0n) is 24.3. The molecule has 0 saturated carbocycles. The van der Waals surface area contributed by atoms with Crippen LogP contribution >= 0.6 is 11.6 Å². The summed E-state index contributed by atoms with van der Waals surface area (Å²) in [6, 6.07) is 29.7. The summed E-state index contributed by atoms with van der Waals surface area (Å²) in [5.74, 6) is 2.13. The second-order valence-electron chi connectivity index (χ2n) is 10.4. The van der Waals surface area contributed by atoms with E-state index in [9.17, 15) is 4.79 Å². The number of benzene rings is 4. The highest BCUT2D eigenvalue weighted by atomic mass is 35.5. The number of oxazole rings is 1. The van der Waals surface area contributed by atoms with Gasteiger partial charge >= 0.3 is 5.97 Å². The lowest BCUT2D eigenvalue weighted by atomic mass is 10.1. The molecule has 1 atom stereocenters. The average molecular weight is 611 g/mol. The summed E-state index contributed by atoms with van der Waals surface area (Å²) in [4.78, 5) is 15.8. The normalized spacial score (nSPS) is 12.0. The van der Waals surface area contributed by atoms with Crippen molar-refractivity contribution in [2.24, 2.45) is 0 Å². The third-order valence-corrected chi connectivity index (χ3v) is 7.91. The average Bonchev–Trinajstić information content (AvgIpc) is 3.58. The highest BCUT2D eigenvalue weighted by molar-refractivity contribution is 6.29. The van der Waals surface area contributed by atoms with Gasteiger partial charge in [0.15, 0.2) is 11.5 Å². The van der Waals surface area contributed by atoms with Gasteiger partial charge in [-0.2, -0.15) is 0 Å². The van der Waals surface area contributed by atoms with Crippen molar-refractivity contribution >= 4 is 39.4 Å². The Morgan fingerprint density at radius 2 is 1.70 bits per heavy atom. The molecule has 44 heavy (non-hydrogen) atoms. The monoisotopic (exact) mass is 610 g/mol. The quantitative estimate of drug-likeness (QED) is 0.141. The number of rotatable bonds is 12. The molecule has 0 aliphatic carbocycles. The second kappa shape index (κ2) is 12.7. The Bertz CT molecular complexity index is 1930. The lowest BCUT2D eigenvalue weighted by Crippen LogP contribution is -2.16. The Morgan fingerprint density at radius 3 is 2.50 bits per heavy atom. The van der Waals surface area contributed by atoms with Crippen molar-refractivity contribution in [3.05, 3.63) is 108 Å². The predicted molar refractivity (Wildman–Crippen MR) is 170 cm³/mol. The van der Waals surface area contributed by atoms with Crippen molar-refractivity contribution in [1.29, 1.82) is 0 Å². The first-order chi connectivity index (χ1) is 21.4. The van der Waals surface area contributed by atoms with Crippen LogP contribution in [0.25, 0.3) is 33.3 Å². The number of aliphatic carboxylic acids is 1. The number of aromatic nitrogens is 2. The Morgan fingerprint density at radius 1 is 0.932 bits per heavy atom. The fraction of sp³-hybridized carbons (Fsp3) is 0.200. The van der Waals surface area contributed by atoms with Crippen molar-refractivity contribution in [1.82, 2.24) is 9.55 Å². The molecular weight excluding hydrogens is 580 g/mol. The van der Waals surface area contributed by atoms with Gasteiger partial charge in [-0.25, -0.2) is 4.98 Å². The number of carbonyl (C=O) groups is 1. The number of alkyl halides is 1. The molecule has 0 fully saturated rings. The molecule has 0 aliphatic rings. The maximum Gasteiger partial charge on any atom is 0.321 e. The van der Waals surface area contributed by atoms with Crippen LogP contribution in [0.3, 0.4) is 0 Å². The summed E-state index contributed by atoms with van der Waals surface area (Å²) in [5, 5.41) is 10.1. The molecule has 2 aromatic heterocycles. The SMILES string of the molecule is COc1cc(Cn2c3ccccc3c3c(OCCC(Cl)C(=O)O)cccc32)ccc1OCc1nc(-c2ccccc2)oc1C. The number of halogens is 1. The zero-order valence-corrected chi connectivity index (χ0v) is 25.1. The third kappa shape index (κ3) is 5.94. The summed E-state index contributed by atoms with van der Waals surface area (Å²) < 4.78 is 26.0. The van der Waals surface area contributed by atoms with Crippen LogP contribution in [-0.2, 0) is 17.9 Å². The van der Waals surface area contributed by atoms with E-state index < -0.39 is 11.3 Å². The minimum Gasteiger partial charge on any atom is -0.493 e. The highest BCUT2D eigenvalue weighted by Crippen LogP contribution is 2.37. The van der Waals surface area contributed by atoms with Crippen LogP contribution in [0.2, 0.25) is 0 Å². The first-order valence-electron chi connectivity index (χ1n) is 14.2. The smallest absolute Gasteiger partial charge is 0.321 e. The summed E-state index contributed by atoms with van der Waals surface area (Å²) in [6.07, 6.45) is 0.199. The number of aryl methyl sites for hydroxylation is 1. The van der Waals surface area contributed by atoms with E-state index in [2.05, 4.69) is 27.8 Å². The van der Waals surface area contributed by atoms with Crippen LogP contribution in [0.15, 0.2) is 95.4 Å². The molecule has 2 heterocycles. The van der Waals surface area contributed by atoms with Crippen LogP contribution in [0.1, 0.15) is 23.4 Å². The number of fused-ring (bicyclic) bond motifs is 3. The van der Waals surface area contributed by atoms with Crippen molar-refractivity contribution in [3.8, 4) is 28.7 Å². The highest BCUT2D eigenvalue weighted by Gasteiger charge is 2.18. The van der Waals surface area contributed by atoms with Gasteiger partial charge in [-0.05, 0) is 55.0 Å². The summed E-state index contributed by atoms with van der Waals surface area (Å²) in [7, 11) is 1.63. The number of methoxy groups -OCH3 is 1. The number of ether oxygens (including phenoxy) is 3. The van der Waals surface area contributed by atoms with E-state index in [0.29, 0.717) is 35.4 Å². The van der Waals surface area contributed by atoms with Gasteiger partial charge in [0.1, 0.15) is 29.2 Å². The summed E-state index contributed by atoms with van der Waals surface area (Å²) >= 11 is 5.90. The Hall–Kier alpha value is -4.95. The van der Waals surface area contributed by atoms with Gasteiger partial charge in [-0.3, -0.25) is 4.79 Å². The standard InChI is InChI=1S/C35H31ClN2O6/c1-22-27(37-34(44-22)24-9-4-3-5-10-24)21-43-30-16-15-23(19-32(30)41-2)20-38-28-12-7-6-11-25(28)33-29(38)13-8-14-31(33)42-18-17-26(36)35(39)40/h3-16,19,26H,17-18,20-21H2,1-2H3,(H,39,40). The Labute approximate surface area is 259 Å². The lowest BCUT2D eigenvalue weighted by Gasteiger charge is -2.13. The summed E-state index contributed by atoms with van der Waals surface area (Å²) in [5.41, 5.74) is 4.71. The molecule has 1 unspecified atom stereocenters. The van der Waals surface area contributed by atoms with Gasteiger partial charge in [0.05, 0.1) is 19.2 Å². The molecule has 0 saturated heterocycles. The molecular formula is C35H31ClN2O6. The van der Waals surface area contributed by atoms with Crippen molar-refractivity contribution in [3.63, 3.8) is 0 Å². The first-order valence-corrected chi connectivity index (χ1v) is 14.7. The number of nitrogens with zero attached hydrogens (tertiary/aromatic N) is 2. The van der Waals surface area contributed by atoms with Crippen molar-refractivity contribution in [2.45, 2.75) is 31.9 Å². The molecule has 4 aromatic carbocycles. The molecule has 0 amide bonds.